The zero-order valence-electron chi connectivity index (χ0n) is 9.41. The van der Waals surface area contributed by atoms with Gasteiger partial charge in [0.1, 0.15) is 6.17 Å². The highest BCUT2D eigenvalue weighted by Crippen LogP contribution is 2.14. The van der Waals surface area contributed by atoms with Crippen LogP contribution in [0.4, 0.5) is 0 Å². The summed E-state index contributed by atoms with van der Waals surface area (Å²) in [6.45, 7) is 1.98. The summed E-state index contributed by atoms with van der Waals surface area (Å²) in [5.41, 5.74) is 1.60. The van der Waals surface area contributed by atoms with E-state index in [-0.39, 0.29) is 12.1 Å². The molecule has 1 atom stereocenters. The van der Waals surface area contributed by atoms with Gasteiger partial charge in [-0.25, -0.2) is 0 Å². The van der Waals surface area contributed by atoms with Crippen molar-refractivity contribution in [3.05, 3.63) is 58.8 Å². The van der Waals surface area contributed by atoms with Crippen LogP contribution in [0.1, 0.15) is 17.3 Å². The van der Waals surface area contributed by atoms with Gasteiger partial charge < -0.3 is 10.6 Å². The molecular formula is C13H13ClN2O. The maximum Gasteiger partial charge on any atom is 0.254 e. The van der Waals surface area contributed by atoms with Crippen molar-refractivity contribution in [2.45, 2.75) is 13.1 Å². The highest BCUT2D eigenvalue weighted by Gasteiger charge is 2.13. The molecule has 0 saturated heterocycles. The van der Waals surface area contributed by atoms with Crippen molar-refractivity contribution >= 4 is 17.5 Å². The Kier molecular flexibility index (Phi) is 3.49. The van der Waals surface area contributed by atoms with Crippen LogP contribution in [0.3, 0.4) is 0 Å². The van der Waals surface area contributed by atoms with E-state index in [1.807, 2.05) is 25.3 Å². The van der Waals surface area contributed by atoms with Crippen LogP contribution in [0.15, 0.2) is 48.2 Å². The maximum absolute atomic E-state index is 11.9. The van der Waals surface area contributed by atoms with Gasteiger partial charge in [0.25, 0.3) is 5.91 Å². The molecule has 0 aromatic heterocycles. The highest BCUT2D eigenvalue weighted by molar-refractivity contribution is 6.33. The van der Waals surface area contributed by atoms with Crippen LogP contribution < -0.4 is 10.6 Å². The summed E-state index contributed by atoms with van der Waals surface area (Å²) in [5.74, 6) is -0.189. The minimum Gasteiger partial charge on any atom is -0.368 e. The summed E-state index contributed by atoms with van der Waals surface area (Å²) in [7, 11) is 0. The second-order valence-corrected chi connectivity index (χ2v) is 4.25. The molecule has 1 amide bonds. The van der Waals surface area contributed by atoms with E-state index < -0.39 is 0 Å². The standard InChI is InChI=1S/C13H13ClN2O/c1-9-6-7-12(15-8-9)16-13(17)10-4-2-3-5-11(10)14/h2-8,12,15H,1H3,(H,16,17). The van der Waals surface area contributed by atoms with Crippen molar-refractivity contribution < 1.29 is 4.79 Å². The Hall–Kier alpha value is -1.74. The summed E-state index contributed by atoms with van der Waals surface area (Å²) < 4.78 is 0. The van der Waals surface area contributed by atoms with E-state index in [0.29, 0.717) is 10.6 Å². The average Bonchev–Trinajstić information content (AvgIpc) is 2.32. The van der Waals surface area contributed by atoms with E-state index in [1.54, 1.807) is 24.3 Å². The molecule has 3 nitrogen and oxygen atoms in total. The van der Waals surface area contributed by atoms with E-state index in [2.05, 4.69) is 10.6 Å². The molecule has 2 rings (SSSR count). The van der Waals surface area contributed by atoms with Crippen LogP contribution in [0.2, 0.25) is 5.02 Å². The lowest BCUT2D eigenvalue weighted by molar-refractivity contribution is 0.0941. The van der Waals surface area contributed by atoms with E-state index >= 15 is 0 Å². The third-order valence-corrected chi connectivity index (χ3v) is 2.78. The molecule has 1 aromatic rings. The Morgan fingerprint density at radius 2 is 2.18 bits per heavy atom. The zero-order chi connectivity index (χ0) is 12.3. The number of carbonyl (C=O) groups is 1. The van der Waals surface area contributed by atoms with Gasteiger partial charge in [-0.2, -0.15) is 0 Å². The molecule has 1 unspecified atom stereocenters. The molecule has 1 aliphatic rings. The quantitative estimate of drug-likeness (QED) is 0.844. The molecule has 4 heteroatoms. The Labute approximate surface area is 105 Å². The second-order valence-electron chi connectivity index (χ2n) is 3.85. The molecule has 2 N–H and O–H groups in total. The molecular weight excluding hydrogens is 236 g/mol. The van der Waals surface area contributed by atoms with Crippen molar-refractivity contribution in [3.63, 3.8) is 0 Å². The maximum atomic E-state index is 11.9. The summed E-state index contributed by atoms with van der Waals surface area (Å²) in [4.78, 5) is 11.9. The number of allylic oxidation sites excluding steroid dienone is 2. The van der Waals surface area contributed by atoms with Gasteiger partial charge in [0.2, 0.25) is 0 Å². The lowest BCUT2D eigenvalue weighted by Gasteiger charge is -2.19. The van der Waals surface area contributed by atoms with Gasteiger partial charge in [-0.05, 0) is 30.7 Å². The molecule has 0 saturated carbocycles. The van der Waals surface area contributed by atoms with E-state index in [4.69, 9.17) is 11.6 Å². The van der Waals surface area contributed by atoms with Gasteiger partial charge in [0.05, 0.1) is 10.6 Å². The van der Waals surface area contributed by atoms with Gasteiger partial charge in [0.15, 0.2) is 0 Å². The second kappa shape index (κ2) is 5.06. The topological polar surface area (TPSA) is 41.1 Å². The zero-order valence-corrected chi connectivity index (χ0v) is 10.2. The third-order valence-electron chi connectivity index (χ3n) is 2.45. The molecule has 1 heterocycles. The fourth-order valence-corrected chi connectivity index (χ4v) is 1.75. The Morgan fingerprint density at radius 3 is 2.82 bits per heavy atom. The van der Waals surface area contributed by atoms with Gasteiger partial charge in [-0.3, -0.25) is 4.79 Å². The lowest BCUT2D eigenvalue weighted by Crippen LogP contribution is -2.42. The predicted octanol–water partition coefficient (Wildman–Crippen LogP) is 2.46. The van der Waals surface area contributed by atoms with Crippen molar-refractivity contribution in [1.29, 1.82) is 0 Å². The minimum absolute atomic E-state index is 0.189. The average molecular weight is 249 g/mol. The molecule has 0 aliphatic carbocycles. The monoisotopic (exact) mass is 248 g/mol. The number of rotatable bonds is 2. The Morgan fingerprint density at radius 1 is 1.41 bits per heavy atom. The number of dihydropyridines is 1. The minimum atomic E-state index is -0.192. The SMILES string of the molecule is CC1=CNC(NC(=O)c2ccccc2Cl)C=C1. The Bertz CT molecular complexity index is 494. The first-order chi connectivity index (χ1) is 8.16. The summed E-state index contributed by atoms with van der Waals surface area (Å²) >= 11 is 5.95. The first-order valence-corrected chi connectivity index (χ1v) is 5.71. The van der Waals surface area contributed by atoms with Crippen LogP contribution in [0.25, 0.3) is 0 Å². The van der Waals surface area contributed by atoms with E-state index in [0.717, 1.165) is 5.57 Å². The molecule has 0 spiro atoms. The van der Waals surface area contributed by atoms with Crippen LogP contribution >= 0.6 is 11.6 Å². The molecule has 88 valence electrons. The number of hydrogen-bond donors (Lipinski definition) is 2. The molecule has 17 heavy (non-hydrogen) atoms. The summed E-state index contributed by atoms with van der Waals surface area (Å²) in [5, 5.41) is 6.35. The third kappa shape index (κ3) is 2.88. The van der Waals surface area contributed by atoms with Crippen molar-refractivity contribution in [2.75, 3.05) is 0 Å². The van der Waals surface area contributed by atoms with Crippen molar-refractivity contribution in [1.82, 2.24) is 10.6 Å². The number of benzene rings is 1. The van der Waals surface area contributed by atoms with E-state index in [1.165, 1.54) is 0 Å². The number of nitrogens with one attached hydrogen (secondary N) is 2. The fourth-order valence-electron chi connectivity index (χ4n) is 1.53. The van der Waals surface area contributed by atoms with Crippen LogP contribution in [-0.2, 0) is 0 Å². The van der Waals surface area contributed by atoms with Gasteiger partial charge in [-0.1, -0.05) is 29.8 Å². The van der Waals surface area contributed by atoms with Crippen LogP contribution in [0, 0.1) is 0 Å². The lowest BCUT2D eigenvalue weighted by atomic mass is 10.2. The molecule has 1 aromatic carbocycles. The Balaban J connectivity index is 2.04. The highest BCUT2D eigenvalue weighted by atomic mass is 35.5. The summed E-state index contributed by atoms with van der Waals surface area (Å²) in [6.07, 6.45) is 5.51. The predicted molar refractivity (Wildman–Crippen MR) is 68.7 cm³/mol. The van der Waals surface area contributed by atoms with Crippen LogP contribution in [0.5, 0.6) is 0 Å². The number of carbonyl (C=O) groups excluding carboxylic acids is 1. The molecule has 0 bridgehead atoms. The number of halogens is 1. The molecule has 0 radical (unpaired) electrons. The van der Waals surface area contributed by atoms with Crippen molar-refractivity contribution in [3.8, 4) is 0 Å². The van der Waals surface area contributed by atoms with Gasteiger partial charge >= 0.3 is 0 Å². The van der Waals surface area contributed by atoms with E-state index in [9.17, 15) is 4.79 Å². The fraction of sp³-hybridized carbons (Fsp3) is 0.154. The smallest absolute Gasteiger partial charge is 0.254 e. The first kappa shape index (κ1) is 11.7. The normalized spacial score (nSPS) is 18.2. The molecule has 0 fully saturated rings. The first-order valence-electron chi connectivity index (χ1n) is 5.33. The largest absolute Gasteiger partial charge is 0.368 e. The number of amides is 1. The molecule has 1 aliphatic heterocycles. The van der Waals surface area contributed by atoms with Gasteiger partial charge in [0, 0.05) is 6.20 Å². The van der Waals surface area contributed by atoms with Crippen molar-refractivity contribution in [2.24, 2.45) is 0 Å². The number of hydrogen-bond acceptors (Lipinski definition) is 2. The summed E-state index contributed by atoms with van der Waals surface area (Å²) in [6, 6.07) is 6.98. The van der Waals surface area contributed by atoms with Crippen LogP contribution in [-0.4, -0.2) is 12.1 Å². The van der Waals surface area contributed by atoms with Gasteiger partial charge in [-0.15, -0.1) is 0 Å².